The molecule has 0 aliphatic heterocycles. The number of aliphatic hydroxyl groups excluding tert-OH is 2. The van der Waals surface area contributed by atoms with Crippen LogP contribution in [0.2, 0.25) is 0 Å². The van der Waals surface area contributed by atoms with E-state index in [9.17, 15) is 19.8 Å². The lowest BCUT2D eigenvalue weighted by atomic mass is 10.0. The predicted octanol–water partition coefficient (Wildman–Crippen LogP) is 12.9. The molecule has 0 heterocycles. The molecule has 0 aliphatic carbocycles. The number of amides is 1. The number of carbonyl (C=O) groups excluding carboxylic acids is 2. The van der Waals surface area contributed by atoms with Gasteiger partial charge in [0.15, 0.2) is 0 Å². The highest BCUT2D eigenvalue weighted by molar-refractivity contribution is 5.77. The van der Waals surface area contributed by atoms with E-state index in [4.69, 9.17) is 4.74 Å². The second kappa shape index (κ2) is 41.7. The maximum Gasteiger partial charge on any atom is 0.306 e. The number of unbranched alkanes of at least 4 members (excludes halogenated alkanes) is 17. The number of hydrogen-bond acceptors (Lipinski definition) is 5. The van der Waals surface area contributed by atoms with Crippen LogP contribution in [0, 0.1) is 0 Å². The Balaban J connectivity index is 4.66. The van der Waals surface area contributed by atoms with Crippen LogP contribution in [0.4, 0.5) is 0 Å². The van der Waals surface area contributed by atoms with Gasteiger partial charge < -0.3 is 20.3 Å². The summed E-state index contributed by atoms with van der Waals surface area (Å²) < 4.78 is 5.88. The summed E-state index contributed by atoms with van der Waals surface area (Å²) in [5.41, 5.74) is 0. The van der Waals surface area contributed by atoms with E-state index in [-0.39, 0.29) is 24.9 Å². The Morgan fingerprint density at radius 3 is 1.52 bits per heavy atom. The van der Waals surface area contributed by atoms with Crippen molar-refractivity contribution in [2.24, 2.45) is 0 Å². The minimum Gasteiger partial charge on any atom is -0.462 e. The molecule has 0 fully saturated rings. The zero-order chi connectivity index (χ0) is 39.6. The summed E-state index contributed by atoms with van der Waals surface area (Å²) in [5.74, 6) is -0.520. The van der Waals surface area contributed by atoms with Crippen LogP contribution in [0.1, 0.15) is 207 Å². The fraction of sp³-hybridized carbons (Fsp3) is 0.750. The van der Waals surface area contributed by atoms with Crippen molar-refractivity contribution in [1.29, 1.82) is 0 Å². The molecule has 1 amide bonds. The molecule has 3 N–H and O–H groups in total. The van der Waals surface area contributed by atoms with Gasteiger partial charge in [0.05, 0.1) is 25.2 Å². The Kier molecular flexibility index (Phi) is 39.8. The Bertz CT molecular complexity index is 984. The van der Waals surface area contributed by atoms with Crippen molar-refractivity contribution in [3.8, 4) is 0 Å². The molecule has 0 radical (unpaired) electrons. The highest BCUT2D eigenvalue weighted by Gasteiger charge is 2.24. The fourth-order valence-corrected chi connectivity index (χ4v) is 6.48. The topological polar surface area (TPSA) is 95.9 Å². The van der Waals surface area contributed by atoms with Crippen molar-refractivity contribution < 1.29 is 24.5 Å². The third kappa shape index (κ3) is 36.5. The van der Waals surface area contributed by atoms with E-state index in [1.165, 1.54) is 51.4 Å². The summed E-state index contributed by atoms with van der Waals surface area (Å²) in [6.07, 6.45) is 50.0. The molecule has 3 unspecified atom stereocenters. The third-order valence-electron chi connectivity index (χ3n) is 9.84. The maximum absolute atomic E-state index is 13.1. The van der Waals surface area contributed by atoms with Crippen molar-refractivity contribution in [2.75, 3.05) is 6.61 Å². The van der Waals surface area contributed by atoms with Crippen LogP contribution in [0.25, 0.3) is 0 Å². The maximum atomic E-state index is 13.1. The molecule has 0 bridgehead atoms. The van der Waals surface area contributed by atoms with Crippen molar-refractivity contribution in [1.82, 2.24) is 5.32 Å². The minimum atomic E-state index is -0.794. The van der Waals surface area contributed by atoms with Crippen LogP contribution in [0.15, 0.2) is 60.8 Å². The lowest BCUT2D eigenvalue weighted by molar-refractivity contribution is -0.151. The Hall–Kier alpha value is -2.44. The van der Waals surface area contributed by atoms with Crippen LogP contribution < -0.4 is 5.32 Å². The molecule has 6 nitrogen and oxygen atoms in total. The van der Waals surface area contributed by atoms with Crippen LogP contribution in [0.3, 0.4) is 0 Å². The van der Waals surface area contributed by atoms with E-state index in [1.807, 2.05) is 0 Å². The number of nitrogens with one attached hydrogen (secondary N) is 1. The van der Waals surface area contributed by atoms with Gasteiger partial charge in [-0.15, -0.1) is 0 Å². The summed E-state index contributed by atoms with van der Waals surface area (Å²) >= 11 is 0. The van der Waals surface area contributed by atoms with Gasteiger partial charge in [0, 0.05) is 6.42 Å². The Morgan fingerprint density at radius 2 is 1.00 bits per heavy atom. The zero-order valence-electron chi connectivity index (χ0n) is 35.3. The number of carbonyl (C=O) groups is 2. The van der Waals surface area contributed by atoms with Crippen LogP contribution in [-0.2, 0) is 14.3 Å². The highest BCUT2D eigenvalue weighted by Crippen LogP contribution is 2.17. The lowest BCUT2D eigenvalue weighted by Gasteiger charge is -2.24. The molecule has 0 aromatic heterocycles. The molecule has 0 saturated carbocycles. The van der Waals surface area contributed by atoms with Gasteiger partial charge in [0.2, 0.25) is 5.91 Å². The molecule has 0 saturated heterocycles. The van der Waals surface area contributed by atoms with Gasteiger partial charge in [-0.1, -0.05) is 171 Å². The first-order valence-corrected chi connectivity index (χ1v) is 22.5. The summed E-state index contributed by atoms with van der Waals surface area (Å²) in [5, 5.41) is 23.6. The quantitative estimate of drug-likeness (QED) is 0.0330. The summed E-state index contributed by atoms with van der Waals surface area (Å²) in [4.78, 5) is 26.0. The number of esters is 1. The summed E-state index contributed by atoms with van der Waals surface area (Å²) in [6.45, 7) is 6.21. The predicted molar refractivity (Wildman–Crippen MR) is 232 cm³/mol. The number of aliphatic hydroxyl groups is 2. The number of hydrogen-bond donors (Lipinski definition) is 3. The molecular formula is C48H85NO5. The van der Waals surface area contributed by atoms with E-state index in [2.05, 4.69) is 86.8 Å². The summed E-state index contributed by atoms with van der Waals surface area (Å²) in [6, 6.07) is -0.709. The van der Waals surface area contributed by atoms with Gasteiger partial charge in [-0.05, 0) is 83.5 Å². The van der Waals surface area contributed by atoms with Gasteiger partial charge in [0.1, 0.15) is 6.10 Å². The largest absolute Gasteiger partial charge is 0.462 e. The standard InChI is InChI=1S/C48H85NO5/c1-4-7-10-13-16-19-21-23-24-26-29-32-35-38-41-48(53)54-44(39-36-33-30-28-25-22-20-17-14-11-8-5-2)42-47(52)49-45(43-50)46(51)40-37-34-31-27-18-15-12-9-6-3/h7-8,10-11,16-17,19-20,23-24,44-46,50-51H,4-6,9,12-15,18,21-22,25-43H2,1-3H3,(H,49,52)/b10-7+,11-8+,19-16+,20-17+,24-23+. The van der Waals surface area contributed by atoms with Crippen LogP contribution in [0.5, 0.6) is 0 Å². The van der Waals surface area contributed by atoms with Gasteiger partial charge >= 0.3 is 5.97 Å². The second-order valence-electron chi connectivity index (χ2n) is 15.0. The molecule has 312 valence electrons. The molecule has 0 aliphatic rings. The van der Waals surface area contributed by atoms with Crippen LogP contribution >= 0.6 is 0 Å². The van der Waals surface area contributed by atoms with Gasteiger partial charge in [0.25, 0.3) is 0 Å². The molecular weight excluding hydrogens is 671 g/mol. The van der Waals surface area contributed by atoms with Crippen LogP contribution in [-0.4, -0.2) is 46.9 Å². The lowest BCUT2D eigenvalue weighted by Crippen LogP contribution is -2.46. The Morgan fingerprint density at radius 1 is 0.556 bits per heavy atom. The second-order valence-corrected chi connectivity index (χ2v) is 15.0. The van der Waals surface area contributed by atoms with E-state index in [0.29, 0.717) is 19.3 Å². The smallest absolute Gasteiger partial charge is 0.306 e. The summed E-state index contributed by atoms with van der Waals surface area (Å²) in [7, 11) is 0. The van der Waals surface area contributed by atoms with Crippen molar-refractivity contribution >= 4 is 11.9 Å². The average Bonchev–Trinajstić information content (AvgIpc) is 3.16. The molecule has 6 heteroatoms. The molecule has 3 atom stereocenters. The molecule has 0 rings (SSSR count). The van der Waals surface area contributed by atoms with Crippen molar-refractivity contribution in [3.63, 3.8) is 0 Å². The normalized spacial score (nSPS) is 13.9. The minimum absolute atomic E-state index is 0.0568. The molecule has 54 heavy (non-hydrogen) atoms. The Labute approximate surface area is 333 Å². The van der Waals surface area contributed by atoms with Crippen molar-refractivity contribution in [2.45, 2.75) is 225 Å². The average molecular weight is 756 g/mol. The van der Waals surface area contributed by atoms with Gasteiger partial charge in [-0.3, -0.25) is 9.59 Å². The van der Waals surface area contributed by atoms with E-state index in [1.54, 1.807) is 0 Å². The zero-order valence-corrected chi connectivity index (χ0v) is 35.3. The van der Waals surface area contributed by atoms with Gasteiger partial charge in [-0.25, -0.2) is 0 Å². The van der Waals surface area contributed by atoms with E-state index in [0.717, 1.165) is 109 Å². The number of rotatable bonds is 39. The van der Waals surface area contributed by atoms with Gasteiger partial charge in [-0.2, -0.15) is 0 Å². The van der Waals surface area contributed by atoms with Crippen molar-refractivity contribution in [3.05, 3.63) is 60.8 Å². The third-order valence-corrected chi connectivity index (χ3v) is 9.84. The number of allylic oxidation sites excluding steroid dienone is 10. The molecule has 0 aromatic rings. The van der Waals surface area contributed by atoms with E-state index >= 15 is 0 Å². The first-order chi connectivity index (χ1) is 26.5. The van der Waals surface area contributed by atoms with E-state index < -0.39 is 18.2 Å². The monoisotopic (exact) mass is 756 g/mol. The SMILES string of the molecule is CC/C=C/C/C=C/C/C=C/CCCCCCC(=O)OC(CCCCCCC/C=C/C/C=C/CC)CC(=O)NC(CO)C(O)CCCCCCCCCCC. The number of ether oxygens (including phenoxy) is 1. The first kappa shape index (κ1) is 51.6. The first-order valence-electron chi connectivity index (χ1n) is 22.5. The molecule has 0 spiro atoms. The highest BCUT2D eigenvalue weighted by atomic mass is 16.5. The molecule has 0 aromatic carbocycles. The fourth-order valence-electron chi connectivity index (χ4n) is 6.48.